The Morgan fingerprint density at radius 2 is 2.16 bits per heavy atom. The van der Waals surface area contributed by atoms with Gasteiger partial charge in [-0.1, -0.05) is 6.07 Å². The molecule has 0 unspecified atom stereocenters. The van der Waals surface area contributed by atoms with Crippen molar-refractivity contribution >= 4 is 27.5 Å². The van der Waals surface area contributed by atoms with Crippen LogP contribution in [0.1, 0.15) is 12.0 Å². The van der Waals surface area contributed by atoms with Gasteiger partial charge in [-0.25, -0.2) is 13.6 Å². The molecule has 0 spiro atoms. The minimum absolute atomic E-state index is 0.0826. The van der Waals surface area contributed by atoms with E-state index in [0.29, 0.717) is 30.9 Å². The van der Waals surface area contributed by atoms with E-state index in [1.54, 1.807) is 11.0 Å². The SMILES string of the molecule is Cc1ccc2c(c1)N(CC(=O)N1CC[C@H](CS(N)(=O)=O)C1)C(=O)CO2. The maximum Gasteiger partial charge on any atom is 0.265 e. The normalized spacial score (nSPS) is 20.4. The monoisotopic (exact) mass is 367 g/mol. The zero-order valence-corrected chi connectivity index (χ0v) is 14.8. The maximum atomic E-state index is 12.6. The van der Waals surface area contributed by atoms with E-state index in [4.69, 9.17) is 9.88 Å². The van der Waals surface area contributed by atoms with Crippen molar-refractivity contribution in [3.63, 3.8) is 0 Å². The van der Waals surface area contributed by atoms with Crippen LogP contribution in [-0.2, 0) is 19.6 Å². The smallest absolute Gasteiger partial charge is 0.265 e. The van der Waals surface area contributed by atoms with E-state index in [2.05, 4.69) is 0 Å². The molecule has 0 saturated carbocycles. The fraction of sp³-hybridized carbons (Fsp3) is 0.500. The van der Waals surface area contributed by atoms with Crippen LogP contribution in [0, 0.1) is 12.8 Å². The Labute approximate surface area is 146 Å². The number of carbonyl (C=O) groups excluding carboxylic acids is 2. The molecule has 3 rings (SSSR count). The number of rotatable bonds is 4. The van der Waals surface area contributed by atoms with Crippen LogP contribution in [0.3, 0.4) is 0 Å². The van der Waals surface area contributed by atoms with Gasteiger partial charge in [-0.2, -0.15) is 0 Å². The summed E-state index contributed by atoms with van der Waals surface area (Å²) in [5, 5.41) is 5.07. The van der Waals surface area contributed by atoms with Gasteiger partial charge in [0.15, 0.2) is 6.61 Å². The third kappa shape index (κ3) is 4.10. The Balaban J connectivity index is 1.69. The van der Waals surface area contributed by atoms with Gasteiger partial charge in [0, 0.05) is 13.1 Å². The highest BCUT2D eigenvalue weighted by Crippen LogP contribution is 2.33. The van der Waals surface area contributed by atoms with Crippen molar-refractivity contribution in [2.75, 3.05) is 36.9 Å². The zero-order chi connectivity index (χ0) is 18.2. The summed E-state index contributed by atoms with van der Waals surface area (Å²) in [5.41, 5.74) is 1.55. The lowest BCUT2D eigenvalue weighted by Gasteiger charge is -2.30. The fourth-order valence-electron chi connectivity index (χ4n) is 3.24. The number of likely N-dealkylation sites (tertiary alicyclic amines) is 1. The summed E-state index contributed by atoms with van der Waals surface area (Å²) in [4.78, 5) is 27.8. The van der Waals surface area contributed by atoms with Gasteiger partial charge in [0.25, 0.3) is 5.91 Å². The average Bonchev–Trinajstić information content (AvgIpc) is 2.96. The van der Waals surface area contributed by atoms with Crippen molar-refractivity contribution in [1.82, 2.24) is 4.90 Å². The first kappa shape index (κ1) is 17.7. The van der Waals surface area contributed by atoms with Crippen molar-refractivity contribution in [3.8, 4) is 5.75 Å². The van der Waals surface area contributed by atoms with Crippen molar-refractivity contribution in [2.24, 2.45) is 11.1 Å². The number of ether oxygens (including phenoxy) is 1. The molecule has 2 amide bonds. The van der Waals surface area contributed by atoms with Crippen LogP contribution in [0.5, 0.6) is 5.75 Å². The van der Waals surface area contributed by atoms with Crippen molar-refractivity contribution < 1.29 is 22.7 Å². The minimum Gasteiger partial charge on any atom is -0.482 e. The fourth-order valence-corrected chi connectivity index (χ4v) is 4.17. The van der Waals surface area contributed by atoms with Gasteiger partial charge in [-0.3, -0.25) is 14.5 Å². The van der Waals surface area contributed by atoms with Gasteiger partial charge >= 0.3 is 0 Å². The topological polar surface area (TPSA) is 110 Å². The van der Waals surface area contributed by atoms with E-state index in [1.165, 1.54) is 4.90 Å². The summed E-state index contributed by atoms with van der Waals surface area (Å²) in [6, 6.07) is 5.48. The van der Waals surface area contributed by atoms with Gasteiger partial charge in [0.05, 0.1) is 11.4 Å². The second-order valence-electron chi connectivity index (χ2n) is 6.56. The molecule has 0 bridgehead atoms. The number of primary sulfonamides is 1. The van der Waals surface area contributed by atoms with Gasteiger partial charge in [-0.15, -0.1) is 0 Å². The Morgan fingerprint density at radius 3 is 2.88 bits per heavy atom. The standard InChI is InChI=1S/C16H21N3O5S/c1-11-2-3-14-13(6-11)19(16(21)9-24-14)8-15(20)18-5-4-12(7-18)10-25(17,22)23/h2-3,6,12H,4-5,7-10H2,1H3,(H2,17,22,23)/t12-/m0/s1. The van der Waals surface area contributed by atoms with Crippen LogP contribution in [0.25, 0.3) is 0 Å². The third-order valence-electron chi connectivity index (χ3n) is 4.46. The lowest BCUT2D eigenvalue weighted by molar-refractivity contribution is -0.131. The summed E-state index contributed by atoms with van der Waals surface area (Å²) in [7, 11) is -3.56. The molecule has 1 fully saturated rings. The summed E-state index contributed by atoms with van der Waals surface area (Å²) in [6.45, 7) is 2.53. The minimum atomic E-state index is -3.56. The molecule has 2 aliphatic rings. The largest absolute Gasteiger partial charge is 0.482 e. The van der Waals surface area contributed by atoms with E-state index < -0.39 is 10.0 Å². The Kier molecular flexibility index (Phi) is 4.70. The molecule has 1 aromatic carbocycles. The molecule has 1 saturated heterocycles. The van der Waals surface area contributed by atoms with Crippen LogP contribution in [-0.4, -0.2) is 57.1 Å². The molecule has 1 atom stereocenters. The molecule has 0 aliphatic carbocycles. The molecule has 1 aromatic rings. The molecule has 0 aromatic heterocycles. The number of aryl methyl sites for hydroxylation is 1. The summed E-state index contributed by atoms with van der Waals surface area (Å²) in [5.74, 6) is -0.193. The number of nitrogens with zero attached hydrogens (tertiary/aromatic N) is 2. The van der Waals surface area contributed by atoms with Crippen molar-refractivity contribution in [2.45, 2.75) is 13.3 Å². The molecule has 0 radical (unpaired) electrons. The van der Waals surface area contributed by atoms with Crippen LogP contribution in [0.2, 0.25) is 0 Å². The quantitative estimate of drug-likeness (QED) is 0.796. The van der Waals surface area contributed by atoms with Crippen LogP contribution in [0.15, 0.2) is 18.2 Å². The number of nitrogens with two attached hydrogens (primary N) is 1. The van der Waals surface area contributed by atoms with Crippen LogP contribution < -0.4 is 14.8 Å². The van der Waals surface area contributed by atoms with Crippen molar-refractivity contribution in [3.05, 3.63) is 23.8 Å². The maximum absolute atomic E-state index is 12.6. The molecule has 25 heavy (non-hydrogen) atoms. The number of fused-ring (bicyclic) bond motifs is 1. The summed E-state index contributed by atoms with van der Waals surface area (Å²) >= 11 is 0. The number of benzene rings is 1. The molecule has 136 valence electrons. The first-order valence-corrected chi connectivity index (χ1v) is 9.76. The molecular weight excluding hydrogens is 346 g/mol. The first-order valence-electron chi connectivity index (χ1n) is 8.05. The lowest BCUT2D eigenvalue weighted by atomic mass is 10.1. The van der Waals surface area contributed by atoms with Gasteiger partial charge < -0.3 is 9.64 Å². The number of carbonyl (C=O) groups is 2. The van der Waals surface area contributed by atoms with E-state index >= 15 is 0 Å². The molecule has 2 aliphatic heterocycles. The van der Waals surface area contributed by atoms with Crippen molar-refractivity contribution in [1.29, 1.82) is 0 Å². The van der Waals surface area contributed by atoms with Crippen LogP contribution in [0.4, 0.5) is 5.69 Å². The zero-order valence-electron chi connectivity index (χ0n) is 14.0. The number of anilines is 1. The van der Waals surface area contributed by atoms with E-state index in [-0.39, 0.29) is 36.6 Å². The Bertz CT molecular complexity index is 808. The van der Waals surface area contributed by atoms with Gasteiger partial charge in [0.2, 0.25) is 15.9 Å². The highest BCUT2D eigenvalue weighted by molar-refractivity contribution is 7.89. The third-order valence-corrected chi connectivity index (χ3v) is 5.39. The molecule has 2 N–H and O–H groups in total. The van der Waals surface area contributed by atoms with E-state index in [9.17, 15) is 18.0 Å². The molecular formula is C16H21N3O5S. The number of amides is 2. The number of hydrogen-bond donors (Lipinski definition) is 1. The van der Waals surface area contributed by atoms with E-state index in [0.717, 1.165) is 5.56 Å². The van der Waals surface area contributed by atoms with Gasteiger partial charge in [-0.05, 0) is 37.0 Å². The summed E-state index contributed by atoms with van der Waals surface area (Å²) < 4.78 is 27.8. The second kappa shape index (κ2) is 6.64. The predicted octanol–water partition coefficient (Wildman–Crippen LogP) is -0.143. The predicted molar refractivity (Wildman–Crippen MR) is 91.7 cm³/mol. The Hall–Kier alpha value is -2.13. The lowest BCUT2D eigenvalue weighted by Crippen LogP contribution is -2.46. The number of hydrogen-bond acceptors (Lipinski definition) is 5. The average molecular weight is 367 g/mol. The van der Waals surface area contributed by atoms with Gasteiger partial charge in [0.1, 0.15) is 12.3 Å². The molecule has 2 heterocycles. The molecule has 8 nitrogen and oxygen atoms in total. The molecule has 9 heteroatoms. The summed E-state index contributed by atoms with van der Waals surface area (Å²) in [6.07, 6.45) is 0.592. The van der Waals surface area contributed by atoms with Crippen LogP contribution >= 0.6 is 0 Å². The highest BCUT2D eigenvalue weighted by atomic mass is 32.2. The second-order valence-corrected chi connectivity index (χ2v) is 8.22. The first-order chi connectivity index (χ1) is 11.7. The Morgan fingerprint density at radius 1 is 1.40 bits per heavy atom. The number of sulfonamides is 1. The van der Waals surface area contributed by atoms with E-state index in [1.807, 2.05) is 19.1 Å². The highest BCUT2D eigenvalue weighted by Gasteiger charge is 2.32.